The standard InChI is InChI=1S/C16H17FN2O/c1-18-15-6-2-4-13(17)12(15)10-20-16-7-3-5-14(19-16)11-8-9-11/h2-7,11,18H,8-10H2,1H3. The summed E-state index contributed by atoms with van der Waals surface area (Å²) in [5.41, 5.74) is 2.34. The zero-order chi connectivity index (χ0) is 13.9. The summed E-state index contributed by atoms with van der Waals surface area (Å²) in [6, 6.07) is 10.7. The van der Waals surface area contributed by atoms with Crippen molar-refractivity contribution >= 4 is 5.69 Å². The van der Waals surface area contributed by atoms with E-state index in [1.807, 2.05) is 24.3 Å². The second kappa shape index (κ2) is 5.49. The van der Waals surface area contributed by atoms with Crippen molar-refractivity contribution < 1.29 is 9.13 Å². The van der Waals surface area contributed by atoms with Crippen LogP contribution in [0.15, 0.2) is 36.4 Å². The number of ether oxygens (including phenoxy) is 1. The SMILES string of the molecule is CNc1cccc(F)c1COc1cccc(C2CC2)n1. The molecule has 3 nitrogen and oxygen atoms in total. The molecule has 20 heavy (non-hydrogen) atoms. The zero-order valence-electron chi connectivity index (χ0n) is 11.4. The molecule has 1 aliphatic rings. The fraction of sp³-hybridized carbons (Fsp3) is 0.312. The molecule has 0 bridgehead atoms. The summed E-state index contributed by atoms with van der Waals surface area (Å²) in [5.74, 6) is 0.870. The predicted octanol–water partition coefficient (Wildman–Crippen LogP) is 3.72. The van der Waals surface area contributed by atoms with Crippen molar-refractivity contribution in [1.82, 2.24) is 4.98 Å². The largest absolute Gasteiger partial charge is 0.473 e. The molecule has 3 rings (SSSR count). The van der Waals surface area contributed by atoms with Crippen LogP contribution < -0.4 is 10.1 Å². The number of nitrogens with zero attached hydrogens (tertiary/aromatic N) is 1. The number of nitrogens with one attached hydrogen (secondary N) is 1. The first-order valence-corrected chi connectivity index (χ1v) is 6.83. The van der Waals surface area contributed by atoms with Crippen molar-refractivity contribution in [3.05, 3.63) is 53.5 Å². The van der Waals surface area contributed by atoms with Gasteiger partial charge in [0.05, 0.1) is 0 Å². The third-order valence-corrected chi connectivity index (χ3v) is 3.49. The quantitative estimate of drug-likeness (QED) is 0.900. The first-order valence-electron chi connectivity index (χ1n) is 6.83. The number of halogens is 1. The number of hydrogen-bond acceptors (Lipinski definition) is 3. The second-order valence-corrected chi connectivity index (χ2v) is 4.98. The Hall–Kier alpha value is -2.10. The Morgan fingerprint density at radius 1 is 1.25 bits per heavy atom. The van der Waals surface area contributed by atoms with Gasteiger partial charge in [0.25, 0.3) is 0 Å². The summed E-state index contributed by atoms with van der Waals surface area (Å²) in [6.07, 6.45) is 2.40. The first kappa shape index (κ1) is 12.9. The van der Waals surface area contributed by atoms with Gasteiger partial charge in [-0.2, -0.15) is 0 Å². The summed E-state index contributed by atoms with van der Waals surface area (Å²) in [7, 11) is 1.77. The molecule has 0 radical (unpaired) electrons. The average Bonchev–Trinajstić information content (AvgIpc) is 3.30. The molecule has 1 aromatic carbocycles. The van der Waals surface area contributed by atoms with Crippen molar-refractivity contribution in [2.75, 3.05) is 12.4 Å². The van der Waals surface area contributed by atoms with E-state index in [0.717, 1.165) is 11.4 Å². The van der Waals surface area contributed by atoms with Crippen LogP contribution in [-0.4, -0.2) is 12.0 Å². The molecule has 1 saturated carbocycles. The normalized spacial score (nSPS) is 14.1. The number of pyridine rings is 1. The maximum absolute atomic E-state index is 13.8. The minimum Gasteiger partial charge on any atom is -0.473 e. The van der Waals surface area contributed by atoms with Gasteiger partial charge in [0, 0.05) is 36.0 Å². The monoisotopic (exact) mass is 272 g/mol. The van der Waals surface area contributed by atoms with Gasteiger partial charge in [0.15, 0.2) is 0 Å². The fourth-order valence-corrected chi connectivity index (χ4v) is 2.20. The maximum Gasteiger partial charge on any atom is 0.213 e. The molecule has 1 heterocycles. The van der Waals surface area contributed by atoms with E-state index in [4.69, 9.17) is 4.74 Å². The first-order chi connectivity index (χ1) is 9.78. The van der Waals surface area contributed by atoms with Crippen LogP contribution in [0.1, 0.15) is 30.0 Å². The van der Waals surface area contributed by atoms with Gasteiger partial charge in [-0.05, 0) is 31.0 Å². The summed E-state index contributed by atoms with van der Waals surface area (Å²) < 4.78 is 19.5. The van der Waals surface area contributed by atoms with Crippen molar-refractivity contribution in [2.24, 2.45) is 0 Å². The Balaban J connectivity index is 1.74. The summed E-state index contributed by atoms with van der Waals surface area (Å²) in [5, 5.41) is 2.97. The van der Waals surface area contributed by atoms with Crippen LogP contribution in [0.2, 0.25) is 0 Å². The molecule has 1 N–H and O–H groups in total. The van der Waals surface area contributed by atoms with E-state index in [-0.39, 0.29) is 12.4 Å². The van der Waals surface area contributed by atoms with E-state index in [0.29, 0.717) is 17.4 Å². The molecular formula is C16H17FN2O. The minimum atomic E-state index is -0.268. The Bertz CT molecular complexity index is 611. The van der Waals surface area contributed by atoms with Crippen LogP contribution in [0.5, 0.6) is 5.88 Å². The molecule has 0 aliphatic heterocycles. The van der Waals surface area contributed by atoms with Crippen molar-refractivity contribution in [3.8, 4) is 5.88 Å². The van der Waals surface area contributed by atoms with E-state index in [2.05, 4.69) is 10.3 Å². The highest BCUT2D eigenvalue weighted by Crippen LogP contribution is 2.39. The lowest BCUT2D eigenvalue weighted by Crippen LogP contribution is -2.04. The molecule has 0 atom stereocenters. The van der Waals surface area contributed by atoms with E-state index >= 15 is 0 Å². The van der Waals surface area contributed by atoms with E-state index in [9.17, 15) is 4.39 Å². The van der Waals surface area contributed by atoms with Crippen LogP contribution in [0, 0.1) is 5.82 Å². The molecular weight excluding hydrogens is 255 g/mol. The Kier molecular flexibility index (Phi) is 3.54. The average molecular weight is 272 g/mol. The van der Waals surface area contributed by atoms with Crippen molar-refractivity contribution in [1.29, 1.82) is 0 Å². The van der Waals surface area contributed by atoms with E-state index in [1.165, 1.54) is 18.9 Å². The highest BCUT2D eigenvalue weighted by Gasteiger charge is 2.25. The van der Waals surface area contributed by atoms with Gasteiger partial charge in [0.1, 0.15) is 12.4 Å². The molecule has 4 heteroatoms. The molecule has 1 aromatic heterocycles. The van der Waals surface area contributed by atoms with Gasteiger partial charge in [-0.15, -0.1) is 0 Å². The third kappa shape index (κ3) is 2.74. The third-order valence-electron chi connectivity index (χ3n) is 3.49. The van der Waals surface area contributed by atoms with Crippen LogP contribution in [-0.2, 0) is 6.61 Å². The molecule has 0 saturated heterocycles. The van der Waals surface area contributed by atoms with Crippen LogP contribution in [0.3, 0.4) is 0 Å². The van der Waals surface area contributed by atoms with Gasteiger partial charge in [-0.25, -0.2) is 9.37 Å². The van der Waals surface area contributed by atoms with Crippen molar-refractivity contribution in [3.63, 3.8) is 0 Å². The summed E-state index contributed by atoms with van der Waals surface area (Å²) in [6.45, 7) is 0.171. The van der Waals surface area contributed by atoms with Crippen LogP contribution in [0.25, 0.3) is 0 Å². The lowest BCUT2D eigenvalue weighted by atomic mass is 10.2. The highest BCUT2D eigenvalue weighted by molar-refractivity contribution is 5.51. The number of hydrogen-bond donors (Lipinski definition) is 1. The highest BCUT2D eigenvalue weighted by atomic mass is 19.1. The van der Waals surface area contributed by atoms with Gasteiger partial charge < -0.3 is 10.1 Å². The number of rotatable bonds is 5. The molecule has 0 amide bonds. The molecule has 0 unspecified atom stereocenters. The zero-order valence-corrected chi connectivity index (χ0v) is 11.4. The van der Waals surface area contributed by atoms with Gasteiger partial charge in [-0.3, -0.25) is 0 Å². The Labute approximate surface area is 117 Å². The predicted molar refractivity (Wildman–Crippen MR) is 76.5 cm³/mol. The Morgan fingerprint density at radius 3 is 2.80 bits per heavy atom. The van der Waals surface area contributed by atoms with Crippen LogP contribution in [0.4, 0.5) is 10.1 Å². The van der Waals surface area contributed by atoms with E-state index in [1.54, 1.807) is 13.1 Å². The van der Waals surface area contributed by atoms with Crippen LogP contribution >= 0.6 is 0 Å². The fourth-order valence-electron chi connectivity index (χ4n) is 2.20. The minimum absolute atomic E-state index is 0.171. The maximum atomic E-state index is 13.8. The molecule has 0 spiro atoms. The summed E-state index contributed by atoms with van der Waals surface area (Å²) >= 11 is 0. The van der Waals surface area contributed by atoms with E-state index < -0.39 is 0 Å². The molecule has 104 valence electrons. The Morgan fingerprint density at radius 2 is 2.05 bits per heavy atom. The molecule has 2 aromatic rings. The number of benzene rings is 1. The van der Waals surface area contributed by atoms with Crippen molar-refractivity contribution in [2.45, 2.75) is 25.4 Å². The van der Waals surface area contributed by atoms with Gasteiger partial charge in [-0.1, -0.05) is 12.1 Å². The number of anilines is 1. The topological polar surface area (TPSA) is 34.1 Å². The molecule has 1 aliphatic carbocycles. The smallest absolute Gasteiger partial charge is 0.213 e. The lowest BCUT2D eigenvalue weighted by molar-refractivity contribution is 0.288. The second-order valence-electron chi connectivity index (χ2n) is 4.98. The summed E-state index contributed by atoms with van der Waals surface area (Å²) in [4.78, 5) is 4.47. The molecule has 1 fully saturated rings. The lowest BCUT2D eigenvalue weighted by Gasteiger charge is -2.11. The van der Waals surface area contributed by atoms with Gasteiger partial charge >= 0.3 is 0 Å². The van der Waals surface area contributed by atoms with Gasteiger partial charge in [0.2, 0.25) is 5.88 Å². The number of aromatic nitrogens is 1.